The van der Waals surface area contributed by atoms with E-state index in [0.29, 0.717) is 18.7 Å². The van der Waals surface area contributed by atoms with Gasteiger partial charge in [0.2, 0.25) is 0 Å². The van der Waals surface area contributed by atoms with Gasteiger partial charge < -0.3 is 10.0 Å². The first-order valence-electron chi connectivity index (χ1n) is 8.41. The SMILES string of the molecule is CC(C)n1ncc2cc(C(=O)N3Cc4ccc(C(=O)O)cc4C3)cnc21. The van der Waals surface area contributed by atoms with Crippen LogP contribution in [-0.4, -0.2) is 36.6 Å². The van der Waals surface area contributed by atoms with Crippen LogP contribution in [0, 0.1) is 0 Å². The normalized spacial score (nSPS) is 13.4. The van der Waals surface area contributed by atoms with Crippen molar-refractivity contribution in [1.29, 1.82) is 0 Å². The van der Waals surface area contributed by atoms with Crippen molar-refractivity contribution in [1.82, 2.24) is 19.7 Å². The van der Waals surface area contributed by atoms with Crippen molar-refractivity contribution < 1.29 is 14.7 Å². The second kappa shape index (κ2) is 5.94. The highest BCUT2D eigenvalue weighted by Crippen LogP contribution is 2.26. The van der Waals surface area contributed by atoms with Crippen LogP contribution >= 0.6 is 0 Å². The van der Waals surface area contributed by atoms with E-state index in [0.717, 1.165) is 22.2 Å². The summed E-state index contributed by atoms with van der Waals surface area (Å²) in [5, 5.41) is 14.3. The third-order valence-electron chi connectivity index (χ3n) is 4.63. The van der Waals surface area contributed by atoms with Gasteiger partial charge in [-0.15, -0.1) is 0 Å². The number of carbonyl (C=O) groups excluding carboxylic acids is 1. The average molecular weight is 350 g/mol. The first-order chi connectivity index (χ1) is 12.4. The van der Waals surface area contributed by atoms with Gasteiger partial charge in [-0.25, -0.2) is 14.5 Å². The summed E-state index contributed by atoms with van der Waals surface area (Å²) in [4.78, 5) is 30.1. The molecule has 0 unspecified atom stereocenters. The third-order valence-corrected chi connectivity index (χ3v) is 4.63. The van der Waals surface area contributed by atoms with E-state index in [-0.39, 0.29) is 17.5 Å². The molecule has 1 aromatic carbocycles. The van der Waals surface area contributed by atoms with Crippen LogP contribution in [0.1, 0.15) is 51.7 Å². The fourth-order valence-corrected chi connectivity index (χ4v) is 3.29. The largest absolute Gasteiger partial charge is 0.478 e. The molecule has 7 nitrogen and oxygen atoms in total. The Morgan fingerprint density at radius 3 is 2.58 bits per heavy atom. The summed E-state index contributed by atoms with van der Waals surface area (Å²) in [7, 11) is 0. The van der Waals surface area contributed by atoms with Gasteiger partial charge in [0, 0.05) is 30.7 Å². The number of carbonyl (C=O) groups is 2. The van der Waals surface area contributed by atoms with Gasteiger partial charge >= 0.3 is 5.97 Å². The van der Waals surface area contributed by atoms with Gasteiger partial charge in [0.25, 0.3) is 5.91 Å². The molecule has 3 heterocycles. The highest BCUT2D eigenvalue weighted by molar-refractivity contribution is 5.97. The topological polar surface area (TPSA) is 88.3 Å². The minimum atomic E-state index is -0.964. The second-order valence-electron chi connectivity index (χ2n) is 6.77. The molecule has 3 aromatic rings. The summed E-state index contributed by atoms with van der Waals surface area (Å²) in [5.41, 5.74) is 3.35. The fraction of sp³-hybridized carbons (Fsp3) is 0.263. The standard InChI is InChI=1S/C19H18N4O3/c1-11(2)23-17-14(8-21-23)6-15(7-20-17)18(24)22-9-13-4-3-12(19(25)26)5-16(13)10-22/h3-8,11H,9-10H2,1-2H3,(H,25,26). The minimum Gasteiger partial charge on any atom is -0.478 e. The first kappa shape index (κ1) is 16.3. The molecule has 1 amide bonds. The highest BCUT2D eigenvalue weighted by atomic mass is 16.4. The van der Waals surface area contributed by atoms with Crippen molar-refractivity contribution in [3.8, 4) is 0 Å². The molecule has 2 aromatic heterocycles. The predicted molar refractivity (Wildman–Crippen MR) is 94.9 cm³/mol. The molecule has 0 fully saturated rings. The number of nitrogens with zero attached hydrogens (tertiary/aromatic N) is 4. The zero-order chi connectivity index (χ0) is 18.4. The smallest absolute Gasteiger partial charge is 0.335 e. The molecule has 4 rings (SSSR count). The number of aromatic nitrogens is 3. The molecule has 0 bridgehead atoms. The van der Waals surface area contributed by atoms with E-state index in [4.69, 9.17) is 5.11 Å². The summed E-state index contributed by atoms with van der Waals surface area (Å²) in [6.07, 6.45) is 3.30. The number of hydrogen-bond acceptors (Lipinski definition) is 4. The van der Waals surface area contributed by atoms with E-state index < -0.39 is 5.97 Å². The zero-order valence-electron chi connectivity index (χ0n) is 14.5. The maximum absolute atomic E-state index is 12.9. The van der Waals surface area contributed by atoms with Crippen molar-refractivity contribution in [2.75, 3.05) is 0 Å². The van der Waals surface area contributed by atoms with Crippen LogP contribution in [0.3, 0.4) is 0 Å². The Bertz CT molecular complexity index is 1040. The van der Waals surface area contributed by atoms with E-state index in [2.05, 4.69) is 10.1 Å². The van der Waals surface area contributed by atoms with Crippen LogP contribution in [0.5, 0.6) is 0 Å². The van der Waals surface area contributed by atoms with Gasteiger partial charge in [-0.3, -0.25) is 4.79 Å². The van der Waals surface area contributed by atoms with E-state index in [1.165, 1.54) is 0 Å². The number of carboxylic acid groups (broad SMARTS) is 1. The monoisotopic (exact) mass is 350 g/mol. The van der Waals surface area contributed by atoms with Crippen molar-refractivity contribution in [2.45, 2.75) is 33.0 Å². The average Bonchev–Trinajstić information content (AvgIpc) is 3.23. The van der Waals surface area contributed by atoms with E-state index in [9.17, 15) is 9.59 Å². The van der Waals surface area contributed by atoms with Gasteiger partial charge in [0.15, 0.2) is 5.65 Å². The maximum atomic E-state index is 12.9. The molecule has 26 heavy (non-hydrogen) atoms. The second-order valence-corrected chi connectivity index (χ2v) is 6.77. The van der Waals surface area contributed by atoms with Crippen LogP contribution < -0.4 is 0 Å². The molecular weight excluding hydrogens is 332 g/mol. The number of aromatic carboxylic acids is 1. The molecular formula is C19H18N4O3. The number of carboxylic acids is 1. The Balaban J connectivity index is 1.60. The first-order valence-corrected chi connectivity index (χ1v) is 8.41. The van der Waals surface area contributed by atoms with Crippen molar-refractivity contribution in [3.05, 3.63) is 58.9 Å². The summed E-state index contributed by atoms with van der Waals surface area (Å²) >= 11 is 0. The third kappa shape index (κ3) is 2.61. The number of amides is 1. The number of fused-ring (bicyclic) bond motifs is 2. The highest BCUT2D eigenvalue weighted by Gasteiger charge is 2.25. The Morgan fingerprint density at radius 2 is 1.85 bits per heavy atom. The summed E-state index contributed by atoms with van der Waals surface area (Å²) in [6, 6.07) is 6.99. The Morgan fingerprint density at radius 1 is 1.08 bits per heavy atom. The van der Waals surface area contributed by atoms with E-state index >= 15 is 0 Å². The van der Waals surface area contributed by atoms with Gasteiger partial charge in [-0.2, -0.15) is 5.10 Å². The maximum Gasteiger partial charge on any atom is 0.335 e. The molecule has 7 heteroatoms. The van der Waals surface area contributed by atoms with Crippen LogP contribution in [-0.2, 0) is 13.1 Å². The molecule has 1 N–H and O–H groups in total. The lowest BCUT2D eigenvalue weighted by Crippen LogP contribution is -2.25. The fourth-order valence-electron chi connectivity index (χ4n) is 3.29. The van der Waals surface area contributed by atoms with E-state index in [1.807, 2.05) is 24.6 Å². The molecule has 1 aliphatic rings. The lowest BCUT2D eigenvalue weighted by molar-refractivity contribution is 0.0696. The van der Waals surface area contributed by atoms with Crippen molar-refractivity contribution in [2.24, 2.45) is 0 Å². The zero-order valence-corrected chi connectivity index (χ0v) is 14.5. The number of benzene rings is 1. The summed E-state index contributed by atoms with van der Waals surface area (Å²) in [5.74, 6) is -1.08. The molecule has 0 radical (unpaired) electrons. The van der Waals surface area contributed by atoms with Gasteiger partial charge in [-0.1, -0.05) is 6.07 Å². The van der Waals surface area contributed by atoms with Gasteiger partial charge in [0.05, 0.1) is 17.3 Å². The molecule has 1 aliphatic heterocycles. The number of pyridine rings is 1. The van der Waals surface area contributed by atoms with Crippen molar-refractivity contribution in [3.63, 3.8) is 0 Å². The Labute approximate surface area is 149 Å². The van der Waals surface area contributed by atoms with Crippen LogP contribution in [0.4, 0.5) is 0 Å². The van der Waals surface area contributed by atoms with Gasteiger partial charge in [-0.05, 0) is 43.2 Å². The predicted octanol–water partition coefficient (Wildman–Crippen LogP) is 2.87. The van der Waals surface area contributed by atoms with E-state index in [1.54, 1.807) is 35.5 Å². The number of hydrogen-bond donors (Lipinski definition) is 1. The Kier molecular flexibility index (Phi) is 3.72. The minimum absolute atomic E-state index is 0.121. The molecule has 0 saturated carbocycles. The molecule has 0 aliphatic carbocycles. The summed E-state index contributed by atoms with van der Waals surface area (Å²) in [6.45, 7) is 4.93. The van der Waals surface area contributed by atoms with Crippen LogP contribution in [0.25, 0.3) is 11.0 Å². The van der Waals surface area contributed by atoms with Crippen molar-refractivity contribution >= 4 is 22.9 Å². The lowest BCUT2D eigenvalue weighted by atomic mass is 10.1. The molecule has 0 spiro atoms. The summed E-state index contributed by atoms with van der Waals surface area (Å²) < 4.78 is 1.82. The van der Waals surface area contributed by atoms with Gasteiger partial charge in [0.1, 0.15) is 0 Å². The Hall–Kier alpha value is -3.22. The quantitative estimate of drug-likeness (QED) is 0.785. The number of rotatable bonds is 3. The van der Waals surface area contributed by atoms with Crippen LogP contribution in [0.15, 0.2) is 36.7 Å². The van der Waals surface area contributed by atoms with Crippen LogP contribution in [0.2, 0.25) is 0 Å². The molecule has 132 valence electrons. The lowest BCUT2D eigenvalue weighted by Gasteiger charge is -2.15. The molecule has 0 atom stereocenters. The molecule has 0 saturated heterocycles.